The van der Waals surface area contributed by atoms with E-state index in [-0.39, 0.29) is 48.6 Å². The molecule has 0 saturated heterocycles. The Morgan fingerprint density at radius 2 is 1.92 bits per heavy atom. The van der Waals surface area contributed by atoms with Crippen molar-refractivity contribution in [1.29, 1.82) is 0 Å². The Morgan fingerprint density at radius 1 is 1.23 bits per heavy atom. The van der Waals surface area contributed by atoms with Crippen LogP contribution in [0.1, 0.15) is 42.1 Å². The molecule has 26 heavy (non-hydrogen) atoms. The summed E-state index contributed by atoms with van der Waals surface area (Å²) in [7, 11) is 0. The molecule has 2 rings (SSSR count). The first kappa shape index (κ1) is 24.8. The molecule has 2 amide bonds. The quantitative estimate of drug-likeness (QED) is 0.587. The minimum atomic E-state index is -0.364. The summed E-state index contributed by atoms with van der Waals surface area (Å²) in [5.41, 5.74) is 6.44. The third-order valence-corrected chi connectivity index (χ3v) is 5.58. The van der Waals surface area contributed by atoms with E-state index < -0.39 is 0 Å². The fraction of sp³-hybridized carbons (Fsp3) is 0.438. The van der Waals surface area contributed by atoms with Crippen molar-refractivity contribution in [2.75, 3.05) is 11.9 Å². The van der Waals surface area contributed by atoms with Gasteiger partial charge in [0.25, 0.3) is 5.91 Å². The number of thiophene rings is 1. The topological polar surface area (TPSA) is 97.1 Å². The maximum atomic E-state index is 12.0. The van der Waals surface area contributed by atoms with Gasteiger partial charge >= 0.3 is 0 Å². The van der Waals surface area contributed by atoms with Gasteiger partial charge in [0.1, 0.15) is 0 Å². The van der Waals surface area contributed by atoms with Crippen LogP contribution in [0.3, 0.4) is 0 Å². The fourth-order valence-electron chi connectivity index (χ4n) is 2.01. The number of halogens is 2. The van der Waals surface area contributed by atoms with Gasteiger partial charge in [0, 0.05) is 17.5 Å². The number of nitrogens with zero attached hydrogens (tertiary/aromatic N) is 1. The van der Waals surface area contributed by atoms with Crippen molar-refractivity contribution in [3.8, 4) is 0 Å². The lowest BCUT2D eigenvalue weighted by Gasteiger charge is -2.26. The number of carbonyl (C=O) groups is 2. The van der Waals surface area contributed by atoms with E-state index in [4.69, 9.17) is 5.73 Å². The molecule has 2 heterocycles. The number of nitrogens with one attached hydrogen (secondary N) is 2. The summed E-state index contributed by atoms with van der Waals surface area (Å²) < 4.78 is 0. The van der Waals surface area contributed by atoms with Crippen molar-refractivity contribution in [1.82, 2.24) is 10.3 Å². The van der Waals surface area contributed by atoms with Gasteiger partial charge in [-0.2, -0.15) is 0 Å². The van der Waals surface area contributed by atoms with Crippen LogP contribution in [0.15, 0.2) is 22.9 Å². The molecule has 0 radical (unpaired) electrons. The smallest absolute Gasteiger partial charge is 0.267 e. The molecule has 2 aromatic heterocycles. The minimum absolute atomic E-state index is 0. The summed E-state index contributed by atoms with van der Waals surface area (Å²) in [6, 6.07) is 3.57. The zero-order valence-corrected chi connectivity index (χ0v) is 17.9. The SMILES string of the molecule is CCC(N)(CC)CNC(=O)Cc1csc(NC(=O)c2cccs2)n1.Cl.Cl. The van der Waals surface area contributed by atoms with Gasteiger partial charge in [-0.1, -0.05) is 19.9 Å². The predicted molar refractivity (Wildman–Crippen MR) is 113 cm³/mol. The molecule has 4 N–H and O–H groups in total. The molecule has 146 valence electrons. The molecule has 0 aliphatic rings. The normalized spacial score (nSPS) is 10.4. The molecule has 6 nitrogen and oxygen atoms in total. The second-order valence-electron chi connectivity index (χ2n) is 5.60. The number of anilines is 1. The Hall–Kier alpha value is -1.19. The lowest BCUT2D eigenvalue weighted by atomic mass is 9.94. The highest BCUT2D eigenvalue weighted by molar-refractivity contribution is 7.14. The van der Waals surface area contributed by atoms with Crippen LogP contribution in [0, 0.1) is 0 Å². The molecule has 0 bridgehead atoms. The molecule has 0 aromatic carbocycles. The van der Waals surface area contributed by atoms with Gasteiger partial charge in [0.2, 0.25) is 5.91 Å². The van der Waals surface area contributed by atoms with Crippen LogP contribution in [0.25, 0.3) is 0 Å². The molecule has 0 atom stereocenters. The summed E-state index contributed by atoms with van der Waals surface area (Å²) in [5.74, 6) is -0.303. The molecular weight excluding hydrogens is 415 g/mol. The monoisotopic (exact) mass is 438 g/mol. The van der Waals surface area contributed by atoms with Crippen molar-refractivity contribution in [3.63, 3.8) is 0 Å². The number of hydrogen-bond donors (Lipinski definition) is 3. The maximum Gasteiger partial charge on any atom is 0.267 e. The van der Waals surface area contributed by atoms with Gasteiger partial charge in [-0.05, 0) is 24.3 Å². The van der Waals surface area contributed by atoms with Crippen molar-refractivity contribution in [3.05, 3.63) is 33.5 Å². The molecule has 0 spiro atoms. The van der Waals surface area contributed by atoms with Crippen molar-refractivity contribution in [2.45, 2.75) is 38.6 Å². The van der Waals surface area contributed by atoms with E-state index in [0.717, 1.165) is 12.8 Å². The lowest BCUT2D eigenvalue weighted by molar-refractivity contribution is -0.120. The van der Waals surface area contributed by atoms with Crippen LogP contribution in [-0.2, 0) is 11.2 Å². The number of nitrogens with two attached hydrogens (primary N) is 1. The van der Waals surface area contributed by atoms with Crippen LogP contribution in [-0.4, -0.2) is 28.9 Å². The Balaban J connectivity index is 0.00000312. The first-order valence-electron chi connectivity index (χ1n) is 7.80. The van der Waals surface area contributed by atoms with Crippen LogP contribution < -0.4 is 16.4 Å². The van der Waals surface area contributed by atoms with E-state index in [1.165, 1.54) is 22.7 Å². The number of hydrogen-bond acceptors (Lipinski definition) is 6. The first-order chi connectivity index (χ1) is 11.5. The summed E-state index contributed by atoms with van der Waals surface area (Å²) in [5, 5.41) is 9.71. The van der Waals surface area contributed by atoms with Crippen molar-refractivity contribution < 1.29 is 9.59 Å². The zero-order chi connectivity index (χ0) is 17.6. The third-order valence-electron chi connectivity index (χ3n) is 3.90. The highest BCUT2D eigenvalue weighted by atomic mass is 35.5. The molecule has 2 aromatic rings. The van der Waals surface area contributed by atoms with E-state index in [0.29, 0.717) is 22.2 Å². The van der Waals surface area contributed by atoms with Crippen LogP contribution in [0.5, 0.6) is 0 Å². The van der Waals surface area contributed by atoms with Crippen LogP contribution in [0.2, 0.25) is 0 Å². The molecule has 0 unspecified atom stereocenters. The second kappa shape index (κ2) is 11.5. The van der Waals surface area contributed by atoms with E-state index in [1.54, 1.807) is 11.4 Å². The number of thiazole rings is 1. The first-order valence-corrected chi connectivity index (χ1v) is 9.56. The molecule has 0 fully saturated rings. The summed E-state index contributed by atoms with van der Waals surface area (Å²) in [4.78, 5) is 28.9. The number of rotatable bonds is 8. The Kier molecular flexibility index (Phi) is 11.0. The summed E-state index contributed by atoms with van der Waals surface area (Å²) >= 11 is 2.68. The van der Waals surface area contributed by atoms with Gasteiger partial charge in [0.15, 0.2) is 5.13 Å². The highest BCUT2D eigenvalue weighted by Crippen LogP contribution is 2.18. The van der Waals surface area contributed by atoms with E-state index in [2.05, 4.69) is 15.6 Å². The molecule has 0 aliphatic carbocycles. The van der Waals surface area contributed by atoms with Gasteiger partial charge in [-0.15, -0.1) is 47.5 Å². The van der Waals surface area contributed by atoms with Crippen molar-refractivity contribution >= 4 is 64.4 Å². The standard InChI is InChI=1S/C16H22N4O2S2.2ClH/c1-3-16(17,4-2)10-18-13(21)8-11-9-24-15(19-11)20-14(22)12-6-5-7-23-12;;/h5-7,9H,3-4,8,10,17H2,1-2H3,(H,18,21)(H,19,20,22);2*1H. The van der Waals surface area contributed by atoms with Gasteiger partial charge in [-0.25, -0.2) is 4.98 Å². The largest absolute Gasteiger partial charge is 0.354 e. The molecular formula is C16H24Cl2N4O2S2. The average Bonchev–Trinajstić information content (AvgIpc) is 3.24. The predicted octanol–water partition coefficient (Wildman–Crippen LogP) is 3.48. The van der Waals surface area contributed by atoms with E-state index in [1.807, 2.05) is 25.3 Å². The maximum absolute atomic E-state index is 12.0. The molecule has 0 saturated carbocycles. The van der Waals surface area contributed by atoms with Crippen LogP contribution in [0.4, 0.5) is 5.13 Å². The van der Waals surface area contributed by atoms with Crippen LogP contribution >= 0.6 is 47.5 Å². The summed E-state index contributed by atoms with van der Waals surface area (Å²) in [6.45, 7) is 4.47. The number of amides is 2. The number of aromatic nitrogens is 1. The van der Waals surface area contributed by atoms with E-state index >= 15 is 0 Å². The number of carbonyl (C=O) groups excluding carboxylic acids is 2. The Bertz CT molecular complexity index is 688. The molecule has 0 aliphatic heterocycles. The Labute approximate surface area is 173 Å². The zero-order valence-electron chi connectivity index (χ0n) is 14.6. The fourth-order valence-corrected chi connectivity index (χ4v) is 3.34. The van der Waals surface area contributed by atoms with Gasteiger partial charge in [-0.3, -0.25) is 14.9 Å². The van der Waals surface area contributed by atoms with Gasteiger partial charge in [0.05, 0.1) is 17.0 Å². The van der Waals surface area contributed by atoms with Gasteiger partial charge < -0.3 is 11.1 Å². The second-order valence-corrected chi connectivity index (χ2v) is 7.40. The average molecular weight is 439 g/mol. The summed E-state index contributed by atoms with van der Waals surface area (Å²) in [6.07, 6.45) is 1.79. The minimum Gasteiger partial charge on any atom is -0.354 e. The van der Waals surface area contributed by atoms with E-state index in [9.17, 15) is 9.59 Å². The third kappa shape index (κ3) is 7.20. The highest BCUT2D eigenvalue weighted by Gasteiger charge is 2.21. The van der Waals surface area contributed by atoms with Crippen molar-refractivity contribution in [2.24, 2.45) is 5.73 Å². The molecule has 10 heteroatoms. The lowest BCUT2D eigenvalue weighted by Crippen LogP contribution is -2.49. The Morgan fingerprint density at radius 3 is 2.50 bits per heavy atom.